The first kappa shape index (κ1) is 11.5. The fourth-order valence-electron chi connectivity index (χ4n) is 1.62. The Bertz CT molecular complexity index is 361. The SMILES string of the molecule is COCc1ncc(C(=O)N2CCNCC2)s1. The van der Waals surface area contributed by atoms with E-state index in [1.807, 2.05) is 4.90 Å². The highest BCUT2D eigenvalue weighted by atomic mass is 32.1. The van der Waals surface area contributed by atoms with Crippen LogP contribution in [0.15, 0.2) is 6.20 Å². The summed E-state index contributed by atoms with van der Waals surface area (Å²) in [5.41, 5.74) is 0. The average Bonchev–Trinajstić information content (AvgIpc) is 2.78. The summed E-state index contributed by atoms with van der Waals surface area (Å²) >= 11 is 1.41. The first-order valence-electron chi connectivity index (χ1n) is 5.25. The summed E-state index contributed by atoms with van der Waals surface area (Å²) < 4.78 is 4.98. The van der Waals surface area contributed by atoms with E-state index in [0.29, 0.717) is 11.5 Å². The predicted octanol–water partition coefficient (Wildman–Crippen LogP) is 0.335. The van der Waals surface area contributed by atoms with Crippen molar-refractivity contribution in [3.05, 3.63) is 16.1 Å². The molecule has 1 aliphatic rings. The lowest BCUT2D eigenvalue weighted by Gasteiger charge is -2.26. The van der Waals surface area contributed by atoms with Gasteiger partial charge in [-0.05, 0) is 0 Å². The number of rotatable bonds is 3. The van der Waals surface area contributed by atoms with Crippen LogP contribution in [-0.2, 0) is 11.3 Å². The molecule has 2 rings (SSSR count). The van der Waals surface area contributed by atoms with E-state index in [9.17, 15) is 4.79 Å². The van der Waals surface area contributed by atoms with Gasteiger partial charge in [0.15, 0.2) is 0 Å². The first-order valence-corrected chi connectivity index (χ1v) is 6.06. The molecule has 88 valence electrons. The summed E-state index contributed by atoms with van der Waals surface area (Å²) in [7, 11) is 1.62. The number of ether oxygens (including phenoxy) is 1. The topological polar surface area (TPSA) is 54.5 Å². The van der Waals surface area contributed by atoms with Crippen molar-refractivity contribution in [3.8, 4) is 0 Å². The second-order valence-electron chi connectivity index (χ2n) is 3.59. The van der Waals surface area contributed by atoms with Crippen LogP contribution in [0.2, 0.25) is 0 Å². The molecule has 1 fully saturated rings. The van der Waals surface area contributed by atoms with E-state index in [4.69, 9.17) is 4.74 Å². The van der Waals surface area contributed by atoms with Gasteiger partial charge in [-0.15, -0.1) is 11.3 Å². The number of nitrogens with one attached hydrogen (secondary N) is 1. The molecule has 5 nitrogen and oxygen atoms in total. The lowest BCUT2D eigenvalue weighted by Crippen LogP contribution is -2.46. The molecular formula is C10H15N3O2S. The second-order valence-corrected chi connectivity index (χ2v) is 4.71. The Morgan fingerprint density at radius 2 is 2.38 bits per heavy atom. The third-order valence-electron chi connectivity index (χ3n) is 2.44. The molecule has 1 saturated heterocycles. The highest BCUT2D eigenvalue weighted by Crippen LogP contribution is 2.16. The van der Waals surface area contributed by atoms with Crippen LogP contribution in [0.4, 0.5) is 0 Å². The number of aromatic nitrogens is 1. The Morgan fingerprint density at radius 3 is 3.06 bits per heavy atom. The zero-order chi connectivity index (χ0) is 11.4. The molecule has 0 spiro atoms. The molecule has 1 amide bonds. The van der Waals surface area contributed by atoms with Crippen LogP contribution < -0.4 is 5.32 Å². The largest absolute Gasteiger partial charge is 0.378 e. The monoisotopic (exact) mass is 241 g/mol. The van der Waals surface area contributed by atoms with Crippen LogP contribution in [0.5, 0.6) is 0 Å². The molecule has 0 bridgehead atoms. The number of thiazole rings is 1. The third kappa shape index (κ3) is 2.58. The summed E-state index contributed by atoms with van der Waals surface area (Å²) in [5, 5.41) is 4.07. The van der Waals surface area contributed by atoms with Crippen LogP contribution in [0, 0.1) is 0 Å². The van der Waals surface area contributed by atoms with Crippen molar-refractivity contribution >= 4 is 17.2 Å². The van der Waals surface area contributed by atoms with Gasteiger partial charge in [-0.25, -0.2) is 4.98 Å². The van der Waals surface area contributed by atoms with Gasteiger partial charge in [-0.2, -0.15) is 0 Å². The smallest absolute Gasteiger partial charge is 0.265 e. The van der Waals surface area contributed by atoms with Crippen LogP contribution in [0.3, 0.4) is 0 Å². The fourth-order valence-corrected chi connectivity index (χ4v) is 2.48. The summed E-state index contributed by atoms with van der Waals surface area (Å²) in [6.45, 7) is 3.76. The third-order valence-corrected chi connectivity index (χ3v) is 3.40. The zero-order valence-corrected chi connectivity index (χ0v) is 10.0. The van der Waals surface area contributed by atoms with Crippen molar-refractivity contribution in [2.24, 2.45) is 0 Å². The van der Waals surface area contributed by atoms with Crippen molar-refractivity contribution < 1.29 is 9.53 Å². The number of carbonyl (C=O) groups is 1. The number of piperazine rings is 1. The molecule has 1 aromatic heterocycles. The minimum atomic E-state index is 0.0846. The number of nitrogens with zero attached hydrogens (tertiary/aromatic N) is 2. The molecule has 0 aliphatic carbocycles. The summed E-state index contributed by atoms with van der Waals surface area (Å²) in [5.74, 6) is 0.0846. The Balaban J connectivity index is 2.01. The van der Waals surface area contributed by atoms with E-state index in [2.05, 4.69) is 10.3 Å². The number of carbonyl (C=O) groups excluding carboxylic acids is 1. The van der Waals surface area contributed by atoms with Gasteiger partial charge in [-0.3, -0.25) is 4.79 Å². The van der Waals surface area contributed by atoms with E-state index in [0.717, 1.165) is 31.2 Å². The molecule has 0 unspecified atom stereocenters. The molecule has 1 N–H and O–H groups in total. The normalized spacial score (nSPS) is 16.4. The number of hydrogen-bond acceptors (Lipinski definition) is 5. The van der Waals surface area contributed by atoms with Crippen LogP contribution in [0.1, 0.15) is 14.7 Å². The first-order chi connectivity index (χ1) is 7.81. The van der Waals surface area contributed by atoms with Gasteiger partial charge in [-0.1, -0.05) is 0 Å². The van der Waals surface area contributed by atoms with Crippen molar-refractivity contribution in [2.75, 3.05) is 33.3 Å². The van der Waals surface area contributed by atoms with Crippen LogP contribution in [0.25, 0.3) is 0 Å². The van der Waals surface area contributed by atoms with E-state index in [1.54, 1.807) is 13.3 Å². The highest BCUT2D eigenvalue weighted by molar-refractivity contribution is 7.13. The predicted molar refractivity (Wildman–Crippen MR) is 61.6 cm³/mol. The van der Waals surface area contributed by atoms with Gasteiger partial charge in [0.05, 0.1) is 12.8 Å². The van der Waals surface area contributed by atoms with Gasteiger partial charge < -0.3 is 15.0 Å². The minimum absolute atomic E-state index is 0.0846. The van der Waals surface area contributed by atoms with Gasteiger partial charge in [0.1, 0.15) is 9.88 Å². The summed E-state index contributed by atoms with van der Waals surface area (Å²) in [6, 6.07) is 0. The maximum Gasteiger partial charge on any atom is 0.265 e. The fraction of sp³-hybridized carbons (Fsp3) is 0.600. The van der Waals surface area contributed by atoms with E-state index in [-0.39, 0.29) is 5.91 Å². The maximum atomic E-state index is 12.0. The van der Waals surface area contributed by atoms with Crippen molar-refractivity contribution in [2.45, 2.75) is 6.61 Å². The molecule has 2 heterocycles. The molecule has 1 aromatic rings. The number of hydrogen-bond donors (Lipinski definition) is 1. The number of methoxy groups -OCH3 is 1. The summed E-state index contributed by atoms with van der Waals surface area (Å²) in [4.78, 5) is 18.8. The van der Waals surface area contributed by atoms with Crippen molar-refractivity contribution in [1.29, 1.82) is 0 Å². The molecule has 6 heteroatoms. The Labute approximate surface area is 98.4 Å². The Kier molecular flexibility index (Phi) is 3.87. The lowest BCUT2D eigenvalue weighted by atomic mass is 10.3. The lowest BCUT2D eigenvalue weighted by molar-refractivity contribution is 0.0740. The molecule has 0 radical (unpaired) electrons. The van der Waals surface area contributed by atoms with Gasteiger partial charge in [0.25, 0.3) is 5.91 Å². The summed E-state index contributed by atoms with van der Waals surface area (Å²) in [6.07, 6.45) is 1.64. The quantitative estimate of drug-likeness (QED) is 0.829. The number of amides is 1. The maximum absolute atomic E-state index is 12.0. The Morgan fingerprint density at radius 1 is 1.62 bits per heavy atom. The van der Waals surface area contributed by atoms with Gasteiger partial charge in [0.2, 0.25) is 0 Å². The Hall–Kier alpha value is -0.980. The zero-order valence-electron chi connectivity index (χ0n) is 9.23. The van der Waals surface area contributed by atoms with Crippen LogP contribution in [-0.4, -0.2) is 49.1 Å². The molecule has 0 saturated carbocycles. The second kappa shape index (κ2) is 5.38. The van der Waals surface area contributed by atoms with Crippen molar-refractivity contribution in [1.82, 2.24) is 15.2 Å². The molecule has 0 atom stereocenters. The van der Waals surface area contributed by atoms with E-state index in [1.165, 1.54) is 11.3 Å². The molecule has 0 aromatic carbocycles. The molecule has 16 heavy (non-hydrogen) atoms. The highest BCUT2D eigenvalue weighted by Gasteiger charge is 2.19. The van der Waals surface area contributed by atoms with Crippen LogP contribution >= 0.6 is 11.3 Å². The van der Waals surface area contributed by atoms with E-state index >= 15 is 0 Å². The minimum Gasteiger partial charge on any atom is -0.378 e. The molecular weight excluding hydrogens is 226 g/mol. The van der Waals surface area contributed by atoms with E-state index < -0.39 is 0 Å². The standard InChI is InChI=1S/C10H15N3O2S/c1-15-7-9-12-6-8(16-9)10(14)13-4-2-11-3-5-13/h6,11H,2-5,7H2,1H3. The van der Waals surface area contributed by atoms with Crippen molar-refractivity contribution in [3.63, 3.8) is 0 Å². The van der Waals surface area contributed by atoms with Gasteiger partial charge >= 0.3 is 0 Å². The average molecular weight is 241 g/mol. The molecule has 1 aliphatic heterocycles. The van der Waals surface area contributed by atoms with Gasteiger partial charge in [0, 0.05) is 33.3 Å².